The first-order chi connectivity index (χ1) is 13.8. The van der Waals surface area contributed by atoms with Crippen molar-refractivity contribution < 1.29 is 23.9 Å². The molecule has 0 saturated heterocycles. The monoisotopic (exact) mass is 415 g/mol. The van der Waals surface area contributed by atoms with Crippen LogP contribution in [0.5, 0.6) is 5.75 Å². The van der Waals surface area contributed by atoms with Crippen molar-refractivity contribution in [2.75, 3.05) is 25.3 Å². The molecule has 0 bridgehead atoms. The number of Topliss-reactive ketones (excluding diaryl/α,β-unsaturated/α-hetero) is 1. The van der Waals surface area contributed by atoms with Gasteiger partial charge in [0.25, 0.3) is 0 Å². The highest BCUT2D eigenvalue weighted by Gasteiger charge is 2.17. The van der Waals surface area contributed by atoms with E-state index in [2.05, 4.69) is 5.32 Å². The summed E-state index contributed by atoms with van der Waals surface area (Å²) in [6.45, 7) is 3.55. The number of nitrogens with one attached hydrogen (secondary N) is 1. The van der Waals surface area contributed by atoms with E-state index in [9.17, 15) is 14.4 Å². The van der Waals surface area contributed by atoms with Crippen LogP contribution in [0.25, 0.3) is 0 Å². The molecule has 7 heteroatoms. The number of ketones is 1. The fourth-order valence-electron chi connectivity index (χ4n) is 2.58. The van der Waals surface area contributed by atoms with Gasteiger partial charge in [-0.3, -0.25) is 9.59 Å². The Hall–Kier alpha value is -2.80. The van der Waals surface area contributed by atoms with Crippen molar-refractivity contribution in [3.8, 4) is 5.75 Å². The maximum absolute atomic E-state index is 12.3. The van der Waals surface area contributed by atoms with Gasteiger partial charge >= 0.3 is 5.97 Å². The highest BCUT2D eigenvalue weighted by molar-refractivity contribution is 7.98. The zero-order valence-electron chi connectivity index (χ0n) is 17.0. The second-order valence-corrected chi connectivity index (χ2v) is 7.67. The molecular formula is C22H25NO5S. The summed E-state index contributed by atoms with van der Waals surface area (Å²) in [5.74, 6) is -0.371. The molecule has 0 aliphatic carbocycles. The maximum Gasteiger partial charge on any atom is 0.342 e. The number of anilines is 1. The third-order valence-corrected chi connectivity index (χ3v) is 4.77. The quantitative estimate of drug-likeness (QED) is 0.370. The summed E-state index contributed by atoms with van der Waals surface area (Å²) in [4.78, 5) is 37.4. The highest BCUT2D eigenvalue weighted by Crippen LogP contribution is 2.26. The predicted molar refractivity (Wildman–Crippen MR) is 114 cm³/mol. The Morgan fingerprint density at radius 2 is 1.76 bits per heavy atom. The van der Waals surface area contributed by atoms with Crippen molar-refractivity contribution in [1.82, 2.24) is 0 Å². The Morgan fingerprint density at radius 1 is 1.07 bits per heavy atom. The molecular weight excluding hydrogens is 390 g/mol. The molecule has 0 unspecified atom stereocenters. The van der Waals surface area contributed by atoms with Gasteiger partial charge in [-0.15, -0.1) is 11.8 Å². The number of rotatable bonds is 9. The van der Waals surface area contributed by atoms with E-state index < -0.39 is 5.97 Å². The van der Waals surface area contributed by atoms with Crippen molar-refractivity contribution in [1.29, 1.82) is 0 Å². The minimum absolute atomic E-state index is 0.0746. The number of ether oxygens (including phenoxy) is 2. The second kappa shape index (κ2) is 10.7. The molecule has 154 valence electrons. The van der Waals surface area contributed by atoms with Crippen molar-refractivity contribution in [2.45, 2.75) is 25.2 Å². The molecule has 2 aromatic rings. The average molecular weight is 416 g/mol. The normalized spacial score (nSPS) is 10.5. The van der Waals surface area contributed by atoms with Gasteiger partial charge in [0.05, 0.1) is 7.11 Å². The predicted octanol–water partition coefficient (Wildman–Crippen LogP) is 4.44. The van der Waals surface area contributed by atoms with E-state index in [1.165, 1.54) is 18.9 Å². The van der Waals surface area contributed by atoms with Gasteiger partial charge < -0.3 is 14.8 Å². The van der Waals surface area contributed by atoms with E-state index in [1.807, 2.05) is 20.1 Å². The fraction of sp³-hybridized carbons (Fsp3) is 0.318. The van der Waals surface area contributed by atoms with Crippen LogP contribution in [0.1, 0.15) is 41.0 Å². The molecule has 0 radical (unpaired) electrons. The first-order valence-corrected chi connectivity index (χ1v) is 10.4. The number of benzene rings is 2. The van der Waals surface area contributed by atoms with E-state index in [0.717, 1.165) is 4.90 Å². The van der Waals surface area contributed by atoms with Crippen LogP contribution in [0, 0.1) is 5.92 Å². The number of amides is 1. The molecule has 0 fully saturated rings. The van der Waals surface area contributed by atoms with Crippen LogP contribution in [-0.2, 0) is 9.53 Å². The topological polar surface area (TPSA) is 81.7 Å². The maximum atomic E-state index is 12.3. The fourth-order valence-corrected chi connectivity index (χ4v) is 3.01. The molecule has 0 aliphatic rings. The van der Waals surface area contributed by atoms with Crippen LogP contribution in [0.2, 0.25) is 0 Å². The standard InChI is InChI=1S/C22H25NO5S/c1-14(2)11-21(25)23-16-7-5-15(6-8-16)19(24)13-28-22(26)18-10-9-17(29-4)12-20(18)27-3/h5-10,12,14H,11,13H2,1-4H3,(H,23,25). The van der Waals surface area contributed by atoms with Gasteiger partial charge in [0.15, 0.2) is 12.4 Å². The summed E-state index contributed by atoms with van der Waals surface area (Å²) < 4.78 is 10.4. The van der Waals surface area contributed by atoms with Crippen molar-refractivity contribution in [3.05, 3.63) is 53.6 Å². The zero-order valence-corrected chi connectivity index (χ0v) is 17.8. The minimum atomic E-state index is -0.625. The third-order valence-electron chi connectivity index (χ3n) is 4.05. The van der Waals surface area contributed by atoms with Crippen LogP contribution < -0.4 is 10.1 Å². The average Bonchev–Trinajstić information content (AvgIpc) is 2.71. The van der Waals surface area contributed by atoms with E-state index >= 15 is 0 Å². The molecule has 1 N–H and O–H groups in total. The smallest absolute Gasteiger partial charge is 0.342 e. The van der Waals surface area contributed by atoms with Crippen LogP contribution in [-0.4, -0.2) is 37.6 Å². The van der Waals surface area contributed by atoms with Crippen LogP contribution >= 0.6 is 11.8 Å². The van der Waals surface area contributed by atoms with Crippen molar-refractivity contribution in [2.24, 2.45) is 5.92 Å². The Bertz CT molecular complexity index is 877. The number of hydrogen-bond acceptors (Lipinski definition) is 6. The molecule has 0 saturated carbocycles. The summed E-state index contributed by atoms with van der Waals surface area (Å²) in [7, 11) is 1.48. The zero-order chi connectivity index (χ0) is 21.4. The van der Waals surface area contributed by atoms with E-state index in [0.29, 0.717) is 23.4 Å². The molecule has 0 spiro atoms. The summed E-state index contributed by atoms with van der Waals surface area (Å²) >= 11 is 1.53. The number of hydrogen-bond donors (Lipinski definition) is 1. The van der Waals surface area contributed by atoms with Gasteiger partial charge in [-0.25, -0.2) is 4.79 Å². The molecule has 0 aromatic heterocycles. The Morgan fingerprint density at radius 3 is 2.34 bits per heavy atom. The first kappa shape index (κ1) is 22.5. The Kier molecular flexibility index (Phi) is 8.27. The van der Waals surface area contributed by atoms with Crippen molar-refractivity contribution in [3.63, 3.8) is 0 Å². The lowest BCUT2D eigenvalue weighted by Gasteiger charge is -2.10. The van der Waals surface area contributed by atoms with Gasteiger partial charge in [-0.2, -0.15) is 0 Å². The van der Waals surface area contributed by atoms with Gasteiger partial charge in [0.1, 0.15) is 11.3 Å². The summed E-state index contributed by atoms with van der Waals surface area (Å²) in [6.07, 6.45) is 2.35. The number of thioether (sulfide) groups is 1. The molecule has 6 nitrogen and oxygen atoms in total. The lowest BCUT2D eigenvalue weighted by molar-refractivity contribution is -0.116. The van der Waals surface area contributed by atoms with E-state index in [1.54, 1.807) is 42.5 Å². The Balaban J connectivity index is 1.95. The summed E-state index contributed by atoms with van der Waals surface area (Å²) in [5.41, 5.74) is 1.27. The molecule has 0 atom stereocenters. The lowest BCUT2D eigenvalue weighted by Crippen LogP contribution is -2.16. The first-order valence-electron chi connectivity index (χ1n) is 9.16. The molecule has 2 rings (SSSR count). The second-order valence-electron chi connectivity index (χ2n) is 6.79. The van der Waals surface area contributed by atoms with Gasteiger partial charge in [0.2, 0.25) is 5.91 Å². The SMILES string of the molecule is COc1cc(SC)ccc1C(=O)OCC(=O)c1ccc(NC(=O)CC(C)C)cc1. The van der Waals surface area contributed by atoms with Crippen molar-refractivity contribution >= 4 is 35.1 Å². The largest absolute Gasteiger partial charge is 0.496 e. The Labute approximate surface area is 175 Å². The molecule has 29 heavy (non-hydrogen) atoms. The van der Waals surface area contributed by atoms with E-state index in [4.69, 9.17) is 9.47 Å². The number of esters is 1. The van der Waals surface area contributed by atoms with E-state index in [-0.39, 0.29) is 29.8 Å². The van der Waals surface area contributed by atoms with Gasteiger partial charge in [0, 0.05) is 22.6 Å². The minimum Gasteiger partial charge on any atom is -0.496 e. The number of methoxy groups -OCH3 is 1. The lowest BCUT2D eigenvalue weighted by atomic mass is 10.1. The molecule has 0 aliphatic heterocycles. The number of carbonyl (C=O) groups excluding carboxylic acids is 3. The third kappa shape index (κ3) is 6.64. The van der Waals surface area contributed by atoms with Crippen LogP contribution in [0.3, 0.4) is 0 Å². The highest BCUT2D eigenvalue weighted by atomic mass is 32.2. The number of carbonyl (C=O) groups is 3. The van der Waals surface area contributed by atoms with Crippen LogP contribution in [0.15, 0.2) is 47.4 Å². The van der Waals surface area contributed by atoms with Gasteiger partial charge in [-0.1, -0.05) is 13.8 Å². The summed E-state index contributed by atoms with van der Waals surface area (Å²) in [6, 6.07) is 11.6. The molecule has 1 amide bonds. The molecule has 2 aromatic carbocycles. The van der Waals surface area contributed by atoms with Crippen LogP contribution in [0.4, 0.5) is 5.69 Å². The van der Waals surface area contributed by atoms with Gasteiger partial charge in [-0.05, 0) is 54.6 Å². The summed E-state index contributed by atoms with van der Waals surface area (Å²) in [5, 5.41) is 2.78. The molecule has 0 heterocycles.